The van der Waals surface area contributed by atoms with Crippen LogP contribution < -0.4 is 25.6 Å². The first-order valence-corrected chi connectivity index (χ1v) is 9.51. The molecule has 0 saturated heterocycles. The summed E-state index contributed by atoms with van der Waals surface area (Å²) in [6.45, 7) is 2.04. The van der Waals surface area contributed by atoms with E-state index in [1.54, 1.807) is 13.0 Å². The van der Waals surface area contributed by atoms with Crippen molar-refractivity contribution in [2.75, 3.05) is 6.61 Å². The highest BCUT2D eigenvalue weighted by molar-refractivity contribution is 5.92. The van der Waals surface area contributed by atoms with Crippen LogP contribution >= 0.6 is 0 Å². The lowest BCUT2D eigenvalue weighted by molar-refractivity contribution is 0.0903. The summed E-state index contributed by atoms with van der Waals surface area (Å²) in [7, 11) is 0. The Morgan fingerprint density at radius 1 is 0.935 bits per heavy atom. The van der Waals surface area contributed by atoms with E-state index in [2.05, 4.69) is 16.2 Å². The van der Waals surface area contributed by atoms with Gasteiger partial charge in [-0.1, -0.05) is 18.2 Å². The van der Waals surface area contributed by atoms with Crippen LogP contribution in [0.5, 0.6) is 11.5 Å². The van der Waals surface area contributed by atoms with E-state index in [1.165, 1.54) is 30.3 Å². The number of carbonyl (C=O) groups excluding carboxylic acids is 2. The maximum Gasteiger partial charge on any atom is 0.333 e. The van der Waals surface area contributed by atoms with Crippen molar-refractivity contribution in [2.24, 2.45) is 0 Å². The van der Waals surface area contributed by atoms with E-state index in [9.17, 15) is 14.0 Å². The molecule has 9 heteroatoms. The highest BCUT2D eigenvalue weighted by Crippen LogP contribution is 2.14. The van der Waals surface area contributed by atoms with Gasteiger partial charge < -0.3 is 19.2 Å². The Bertz CT molecular complexity index is 992. The van der Waals surface area contributed by atoms with Crippen molar-refractivity contribution in [1.29, 1.82) is 0 Å². The number of amides is 3. The first-order chi connectivity index (χ1) is 15.0. The molecule has 3 aromatic rings. The number of hydrazine groups is 1. The molecule has 3 N–H and O–H groups in total. The fraction of sp³-hybridized carbons (Fsp3) is 0.182. The summed E-state index contributed by atoms with van der Waals surface area (Å²) < 4.78 is 29.3. The molecule has 162 valence electrons. The van der Waals surface area contributed by atoms with Gasteiger partial charge in [0.15, 0.2) is 5.76 Å². The number of ether oxygens (including phenoxy) is 2. The summed E-state index contributed by atoms with van der Waals surface area (Å²) in [4.78, 5) is 24.0. The summed E-state index contributed by atoms with van der Waals surface area (Å²) in [5, 5.41) is 2.60. The predicted octanol–water partition coefficient (Wildman–Crippen LogP) is 3.41. The lowest BCUT2D eigenvalue weighted by atomic mass is 10.3. The first kappa shape index (κ1) is 21.7. The number of benzene rings is 2. The van der Waals surface area contributed by atoms with Gasteiger partial charge in [0.1, 0.15) is 36.3 Å². The van der Waals surface area contributed by atoms with Gasteiger partial charge in [-0.2, -0.15) is 0 Å². The molecule has 0 aliphatic carbocycles. The molecule has 1 aromatic heterocycles. The molecule has 3 rings (SSSR count). The number of hydrogen-bond acceptors (Lipinski definition) is 5. The van der Waals surface area contributed by atoms with E-state index in [4.69, 9.17) is 13.9 Å². The van der Waals surface area contributed by atoms with E-state index >= 15 is 0 Å². The Labute approximate surface area is 178 Å². The summed E-state index contributed by atoms with van der Waals surface area (Å²) >= 11 is 0. The van der Waals surface area contributed by atoms with Crippen LogP contribution in [0.2, 0.25) is 0 Å². The van der Waals surface area contributed by atoms with Crippen LogP contribution in [0.25, 0.3) is 0 Å². The van der Waals surface area contributed by atoms with Gasteiger partial charge in [-0.25, -0.2) is 14.6 Å². The minimum Gasteiger partial charge on any atom is -0.491 e. The second-order valence-electron chi connectivity index (χ2n) is 6.59. The van der Waals surface area contributed by atoms with Crippen molar-refractivity contribution in [2.45, 2.75) is 19.6 Å². The lowest BCUT2D eigenvalue weighted by Crippen LogP contribution is -2.50. The number of rotatable bonds is 8. The molecule has 1 heterocycles. The van der Waals surface area contributed by atoms with Crippen LogP contribution in [0.15, 0.2) is 71.1 Å². The highest BCUT2D eigenvalue weighted by atomic mass is 19.1. The zero-order chi connectivity index (χ0) is 22.1. The Kier molecular flexibility index (Phi) is 7.47. The zero-order valence-corrected chi connectivity index (χ0v) is 16.8. The van der Waals surface area contributed by atoms with E-state index in [1.807, 2.05) is 30.3 Å². The third kappa shape index (κ3) is 7.07. The topological polar surface area (TPSA) is 102 Å². The van der Waals surface area contributed by atoms with E-state index in [-0.39, 0.29) is 30.8 Å². The first-order valence-electron chi connectivity index (χ1n) is 9.51. The zero-order valence-electron chi connectivity index (χ0n) is 16.8. The Hall–Kier alpha value is -4.01. The SMILES string of the molecule is CC(COc1ccc(F)cc1)NC(=O)NNC(=O)c1ccc(COc2ccccc2)o1. The van der Waals surface area contributed by atoms with Crippen molar-refractivity contribution >= 4 is 11.9 Å². The summed E-state index contributed by atoms with van der Waals surface area (Å²) in [5.74, 6) is 0.677. The Balaban J connectivity index is 1.37. The van der Waals surface area contributed by atoms with Crippen LogP contribution in [0, 0.1) is 5.82 Å². The molecule has 0 radical (unpaired) electrons. The molecular formula is C22H22FN3O5. The second-order valence-corrected chi connectivity index (χ2v) is 6.59. The van der Waals surface area contributed by atoms with E-state index in [0.29, 0.717) is 17.3 Å². The monoisotopic (exact) mass is 427 g/mol. The molecule has 0 fully saturated rings. The van der Waals surface area contributed by atoms with Gasteiger partial charge in [-0.15, -0.1) is 0 Å². The lowest BCUT2D eigenvalue weighted by Gasteiger charge is -2.15. The number of furan rings is 1. The Morgan fingerprint density at radius 3 is 2.39 bits per heavy atom. The molecule has 8 nitrogen and oxygen atoms in total. The molecule has 31 heavy (non-hydrogen) atoms. The maximum atomic E-state index is 12.9. The summed E-state index contributed by atoms with van der Waals surface area (Å²) in [6.07, 6.45) is 0. The molecule has 0 aliphatic heterocycles. The van der Waals surface area contributed by atoms with Gasteiger partial charge in [0.25, 0.3) is 0 Å². The number of para-hydroxylation sites is 1. The number of nitrogens with one attached hydrogen (secondary N) is 3. The van der Waals surface area contributed by atoms with Gasteiger partial charge in [0.05, 0.1) is 6.04 Å². The smallest absolute Gasteiger partial charge is 0.333 e. The number of urea groups is 1. The Morgan fingerprint density at radius 2 is 1.65 bits per heavy atom. The van der Waals surface area contributed by atoms with E-state index in [0.717, 1.165) is 0 Å². The fourth-order valence-electron chi connectivity index (χ4n) is 2.48. The highest BCUT2D eigenvalue weighted by Gasteiger charge is 2.14. The van der Waals surface area contributed by atoms with Gasteiger partial charge in [0, 0.05) is 0 Å². The summed E-state index contributed by atoms with van der Waals surface area (Å²) in [6, 6.07) is 16.9. The van der Waals surface area contributed by atoms with Crippen LogP contribution in [-0.2, 0) is 6.61 Å². The van der Waals surface area contributed by atoms with Gasteiger partial charge in [0.2, 0.25) is 0 Å². The fourth-order valence-corrected chi connectivity index (χ4v) is 2.48. The largest absolute Gasteiger partial charge is 0.491 e. The molecule has 1 unspecified atom stereocenters. The third-order valence-electron chi connectivity index (χ3n) is 3.99. The average Bonchev–Trinajstić information content (AvgIpc) is 3.25. The second kappa shape index (κ2) is 10.7. The van der Waals surface area contributed by atoms with Crippen molar-refractivity contribution in [1.82, 2.24) is 16.2 Å². The van der Waals surface area contributed by atoms with Gasteiger partial charge >= 0.3 is 11.9 Å². The molecule has 0 spiro atoms. The van der Waals surface area contributed by atoms with Crippen molar-refractivity contribution in [3.63, 3.8) is 0 Å². The van der Waals surface area contributed by atoms with Crippen LogP contribution in [-0.4, -0.2) is 24.6 Å². The normalized spacial score (nSPS) is 11.3. The minimum absolute atomic E-state index is 0.0275. The van der Waals surface area contributed by atoms with Crippen molar-refractivity contribution in [3.05, 3.63) is 84.1 Å². The maximum absolute atomic E-state index is 12.9. The number of halogens is 1. The van der Waals surface area contributed by atoms with Gasteiger partial charge in [-0.3, -0.25) is 10.2 Å². The standard InChI is InChI=1S/C22H22FN3O5/c1-15(13-29-18-9-7-16(23)8-10-18)24-22(28)26-25-21(27)20-12-11-19(31-20)14-30-17-5-3-2-4-6-17/h2-12,15H,13-14H2,1H3,(H,25,27)(H2,24,26,28). The van der Waals surface area contributed by atoms with E-state index < -0.39 is 11.9 Å². The molecule has 1 atom stereocenters. The van der Waals surface area contributed by atoms with Crippen LogP contribution in [0.3, 0.4) is 0 Å². The predicted molar refractivity (Wildman–Crippen MR) is 110 cm³/mol. The average molecular weight is 427 g/mol. The summed E-state index contributed by atoms with van der Waals surface area (Å²) in [5.41, 5.74) is 4.49. The molecular weight excluding hydrogens is 405 g/mol. The molecule has 0 bridgehead atoms. The molecule has 3 amide bonds. The quantitative estimate of drug-likeness (QED) is 0.478. The van der Waals surface area contributed by atoms with Crippen molar-refractivity contribution < 1.29 is 27.9 Å². The molecule has 0 saturated carbocycles. The minimum atomic E-state index is -0.622. The number of carbonyl (C=O) groups is 2. The van der Waals surface area contributed by atoms with Crippen LogP contribution in [0.1, 0.15) is 23.2 Å². The molecule has 0 aliphatic rings. The number of hydrogen-bond donors (Lipinski definition) is 3. The van der Waals surface area contributed by atoms with Crippen molar-refractivity contribution in [3.8, 4) is 11.5 Å². The van der Waals surface area contributed by atoms with Crippen LogP contribution in [0.4, 0.5) is 9.18 Å². The molecule has 2 aromatic carbocycles. The van der Waals surface area contributed by atoms with Gasteiger partial charge in [-0.05, 0) is 55.5 Å². The third-order valence-corrected chi connectivity index (χ3v) is 3.99.